The molecule has 0 unspecified atom stereocenters. The minimum Gasteiger partial charge on any atom is -0.264 e. The number of nitrogens with zero attached hydrogens (tertiary/aromatic N) is 9. The fourth-order valence-electron chi connectivity index (χ4n) is 21.3. The Morgan fingerprint density at radius 2 is 0.441 bits per heavy atom. The van der Waals surface area contributed by atoms with Crippen LogP contribution in [0.3, 0.4) is 0 Å². The lowest BCUT2D eigenvalue weighted by molar-refractivity contribution is 0.660. The summed E-state index contributed by atoms with van der Waals surface area (Å²) in [7, 11) is 0. The molecule has 0 amide bonds. The molecule has 0 atom stereocenters. The van der Waals surface area contributed by atoms with Crippen LogP contribution in [0.4, 0.5) is 0 Å². The maximum absolute atomic E-state index is 5.06. The summed E-state index contributed by atoms with van der Waals surface area (Å²) in [6.45, 7) is 14.1. The van der Waals surface area contributed by atoms with Gasteiger partial charge in [0, 0.05) is 103 Å². The highest BCUT2D eigenvalue weighted by Crippen LogP contribution is 2.56. The third kappa shape index (κ3) is 16.7. The van der Waals surface area contributed by atoms with Crippen molar-refractivity contribution in [2.24, 2.45) is 0 Å². The molecule has 23 aromatic rings. The quantitative estimate of drug-likeness (QED) is 0.0989. The number of aromatic nitrogens is 9. The molecule has 9 nitrogen and oxygen atoms in total. The summed E-state index contributed by atoms with van der Waals surface area (Å²) in [5.74, 6) is 2.13. The molecule has 0 fully saturated rings. The van der Waals surface area contributed by atoms with Gasteiger partial charge in [0.15, 0.2) is 17.5 Å². The molecule has 9 heteroatoms. The van der Waals surface area contributed by atoms with Crippen molar-refractivity contribution in [2.45, 2.75) is 57.8 Å². The molecule has 0 saturated heterocycles. The van der Waals surface area contributed by atoms with E-state index in [-0.39, 0.29) is 16.2 Å². The second-order valence-corrected chi connectivity index (χ2v) is 38.8. The van der Waals surface area contributed by atoms with E-state index >= 15 is 0 Å². The summed E-state index contributed by atoms with van der Waals surface area (Å²) >= 11 is 0. The van der Waals surface area contributed by atoms with Crippen LogP contribution in [0.5, 0.6) is 0 Å². The first kappa shape index (κ1) is 87.7. The zero-order valence-electron chi connectivity index (χ0n) is 80.1. The molecule has 0 N–H and O–H groups in total. The van der Waals surface area contributed by atoms with Crippen molar-refractivity contribution in [3.8, 4) is 202 Å². The summed E-state index contributed by atoms with van der Waals surface area (Å²) in [6.07, 6.45) is 11.1. The fraction of sp³-hybridized carbons (Fsp3) is 0.0672. The minimum atomic E-state index is -0.0944. The largest absolute Gasteiger partial charge is 0.264 e. The third-order valence-electron chi connectivity index (χ3n) is 29.0. The molecule has 6 aromatic heterocycles. The first-order valence-electron chi connectivity index (χ1n) is 48.9. The number of hydrogen-bond acceptors (Lipinski definition) is 9. The second-order valence-electron chi connectivity index (χ2n) is 38.8. The molecule has 0 spiro atoms. The van der Waals surface area contributed by atoms with Crippen molar-refractivity contribution in [1.29, 1.82) is 0 Å². The van der Waals surface area contributed by atoms with Gasteiger partial charge in [-0.05, 0) is 210 Å². The van der Waals surface area contributed by atoms with E-state index in [1.165, 1.54) is 122 Å². The number of rotatable bonds is 15. The van der Waals surface area contributed by atoms with Crippen molar-refractivity contribution in [2.75, 3.05) is 0 Å². The van der Waals surface area contributed by atoms with E-state index in [2.05, 4.69) is 427 Å². The van der Waals surface area contributed by atoms with Crippen LogP contribution in [0.2, 0.25) is 0 Å². The van der Waals surface area contributed by atoms with Crippen LogP contribution in [-0.2, 0) is 16.2 Å². The van der Waals surface area contributed by atoms with E-state index in [4.69, 9.17) is 29.9 Å². The fourth-order valence-corrected chi connectivity index (χ4v) is 21.3. The Hall–Kier alpha value is -18.1. The number of hydrogen-bond donors (Lipinski definition) is 0. The average Bonchev–Trinajstić information content (AvgIpc) is 1.57. The van der Waals surface area contributed by atoms with Gasteiger partial charge in [-0.3, -0.25) is 15.0 Å². The van der Waals surface area contributed by atoms with E-state index in [1.54, 1.807) is 18.6 Å². The number of pyridine rings is 3. The Morgan fingerprint density at radius 1 is 0.161 bits per heavy atom. The lowest BCUT2D eigenvalue weighted by Gasteiger charge is -2.23. The minimum absolute atomic E-state index is 0.00850. The van der Waals surface area contributed by atoms with Gasteiger partial charge in [0.1, 0.15) is 0 Å². The Balaban J connectivity index is 0.000000116. The van der Waals surface area contributed by atoms with Gasteiger partial charge in [-0.15, -0.1) is 0 Å². The van der Waals surface area contributed by atoms with Crippen molar-refractivity contribution in [3.05, 3.63) is 513 Å². The van der Waals surface area contributed by atoms with Crippen LogP contribution in [0.1, 0.15) is 74.9 Å². The highest BCUT2D eigenvalue weighted by Gasteiger charge is 2.40. The van der Waals surface area contributed by atoms with Crippen LogP contribution in [-0.4, -0.2) is 44.9 Å². The van der Waals surface area contributed by atoms with Crippen molar-refractivity contribution >= 4 is 21.5 Å². The van der Waals surface area contributed by atoms with E-state index in [0.29, 0.717) is 17.5 Å². The summed E-state index contributed by atoms with van der Waals surface area (Å²) in [6, 6.07) is 157. The SMILES string of the molecule is CC1(C)c2cc(-c3ccc(-c4cc(-c5ccc(-c6cccnc6)cc5)nc(-c5ccccc5)n4)cc3)ccc2-c2c1ccc1ccccc21.CC1(C)c2cc(-c3ccc(-c4cc(-c5ccc(-c6cccnc6)cc5)nc(-c5ccccc5)n4)cc3)ccc2-c2ccc3ccccc3c21.CC1(C)c2ccccc2-c2cc(-c3ccc(-c4cc(-c5ccc(-c6cccnc6)cc5)nc(-c5ccccc5)n4)cc3)ccc21. The van der Waals surface area contributed by atoms with Gasteiger partial charge >= 0.3 is 0 Å². The Morgan fingerprint density at radius 3 is 0.846 bits per heavy atom. The van der Waals surface area contributed by atoms with E-state index < -0.39 is 0 Å². The Kier molecular flexibility index (Phi) is 22.5. The van der Waals surface area contributed by atoms with Crippen molar-refractivity contribution < 1.29 is 0 Å². The second kappa shape index (κ2) is 36.7. The standard InChI is InChI=1S/2C46H33N3.C42H31N3/c1-46(2)41-27-36(23-24-39(41)40-25-22-32-9-6-7-13-38(32)44(40)46)30-14-18-33(19-15-30)42-28-43(49-45(48-42)35-10-4-3-5-11-35)34-20-16-31(17-21-34)37-12-8-26-47-29-37;1-46(2)40-25-23-32-9-6-7-13-38(32)44(40)39-24-22-36(27-41(39)46)30-14-18-33(19-15-30)42-28-43(49-45(48-42)35-10-4-3-5-11-35)34-20-16-31(17-21-34)37-12-8-26-47-29-37;1-42(2)37-13-7-6-12-35(37)36-25-33(22-23-38(36)42)28-14-18-30(19-15-28)39-26-40(45-41(44-39)32-9-4-3-5-10-32)31-20-16-29(17-21-31)34-11-8-24-43-27-34/h2*3-29H,1-2H3;3-27H,1-2H3. The molecule has 6 heterocycles. The molecule has 3 aliphatic carbocycles. The molecule has 3 aliphatic rings. The number of benzene rings is 17. The molecule has 0 bridgehead atoms. The zero-order valence-corrected chi connectivity index (χ0v) is 80.1. The maximum atomic E-state index is 5.06. The van der Waals surface area contributed by atoms with Gasteiger partial charge in [-0.2, -0.15) is 0 Å². The average molecular weight is 1830 g/mol. The summed E-state index contributed by atoms with van der Waals surface area (Å²) in [5.41, 5.74) is 44.7. The Bertz CT molecular complexity index is 8740. The molecular weight excluding hydrogens is 1740 g/mol. The molecule has 0 aliphatic heterocycles. The van der Waals surface area contributed by atoms with Crippen LogP contribution in [0.15, 0.2) is 480 Å². The van der Waals surface area contributed by atoms with Crippen molar-refractivity contribution in [3.63, 3.8) is 0 Å². The predicted molar refractivity (Wildman–Crippen MR) is 589 cm³/mol. The molecule has 678 valence electrons. The highest BCUT2D eigenvalue weighted by atomic mass is 14.9. The molecular formula is C134H97N9. The van der Waals surface area contributed by atoms with Crippen molar-refractivity contribution in [1.82, 2.24) is 44.9 Å². The molecule has 26 rings (SSSR count). The van der Waals surface area contributed by atoms with Gasteiger partial charge in [0.25, 0.3) is 0 Å². The topological polar surface area (TPSA) is 116 Å². The summed E-state index contributed by atoms with van der Waals surface area (Å²) < 4.78 is 0. The van der Waals surface area contributed by atoms with Gasteiger partial charge in [-0.25, -0.2) is 29.9 Å². The monoisotopic (exact) mass is 1830 g/mol. The lowest BCUT2D eigenvalue weighted by atomic mass is 9.79. The normalized spacial score (nSPS) is 12.9. The van der Waals surface area contributed by atoms with Crippen LogP contribution < -0.4 is 0 Å². The summed E-state index contributed by atoms with van der Waals surface area (Å²) in [5, 5.41) is 5.25. The van der Waals surface area contributed by atoms with Crippen LogP contribution in [0, 0.1) is 0 Å². The van der Waals surface area contributed by atoms with E-state index in [1.807, 2.05) is 91.4 Å². The van der Waals surface area contributed by atoms with Crippen LogP contribution in [0.25, 0.3) is 223 Å². The molecule has 0 radical (unpaired) electrons. The first-order valence-corrected chi connectivity index (χ1v) is 48.9. The van der Waals surface area contributed by atoms with Crippen LogP contribution >= 0.6 is 0 Å². The molecule has 143 heavy (non-hydrogen) atoms. The zero-order chi connectivity index (χ0) is 96.3. The van der Waals surface area contributed by atoms with E-state index in [0.717, 1.165) is 118 Å². The molecule has 0 saturated carbocycles. The Labute approximate surface area is 833 Å². The highest BCUT2D eigenvalue weighted by molar-refractivity contribution is 6.04. The van der Waals surface area contributed by atoms with Gasteiger partial charge < -0.3 is 0 Å². The smallest absolute Gasteiger partial charge is 0.160 e. The summed E-state index contributed by atoms with van der Waals surface area (Å²) in [4.78, 5) is 43.0. The lowest BCUT2D eigenvalue weighted by Crippen LogP contribution is -2.15. The van der Waals surface area contributed by atoms with Gasteiger partial charge in [0.2, 0.25) is 0 Å². The maximum Gasteiger partial charge on any atom is 0.160 e. The van der Waals surface area contributed by atoms with E-state index in [9.17, 15) is 0 Å². The molecule has 17 aromatic carbocycles. The van der Waals surface area contributed by atoms with Gasteiger partial charge in [-0.1, -0.05) is 430 Å². The third-order valence-corrected chi connectivity index (χ3v) is 29.0. The predicted octanol–water partition coefficient (Wildman–Crippen LogP) is 33.8. The number of fused-ring (bicyclic) bond motifs is 13. The van der Waals surface area contributed by atoms with Gasteiger partial charge in [0.05, 0.1) is 34.2 Å². The first-order chi connectivity index (χ1) is 70.1.